The van der Waals surface area contributed by atoms with E-state index < -0.39 is 29.2 Å². The fourth-order valence-electron chi connectivity index (χ4n) is 3.48. The molecule has 0 unspecified atom stereocenters. The zero-order valence-corrected chi connectivity index (χ0v) is 18.4. The number of hydrogen-bond donors (Lipinski definition) is 1. The van der Waals surface area contributed by atoms with Gasteiger partial charge in [0.2, 0.25) is 0 Å². The highest BCUT2D eigenvalue weighted by Crippen LogP contribution is 2.35. The molecule has 0 aliphatic rings. The Kier molecular flexibility index (Phi) is 6.37. The van der Waals surface area contributed by atoms with Crippen molar-refractivity contribution in [3.05, 3.63) is 82.7 Å². The van der Waals surface area contributed by atoms with E-state index in [1.54, 1.807) is 42.5 Å². The van der Waals surface area contributed by atoms with Gasteiger partial charge in [-0.1, -0.05) is 24.3 Å². The number of ether oxygens (including phenoxy) is 3. The van der Waals surface area contributed by atoms with Crippen LogP contribution < -0.4 is 25.2 Å². The van der Waals surface area contributed by atoms with Crippen molar-refractivity contribution in [2.45, 2.75) is 6.36 Å². The predicted octanol–water partition coefficient (Wildman–Crippen LogP) is 5.63. The maximum absolute atomic E-state index is 12.8. The van der Waals surface area contributed by atoms with Crippen molar-refractivity contribution < 1.29 is 36.6 Å². The number of rotatable bonds is 6. The molecule has 0 radical (unpaired) electrons. The number of carbonyl (C=O) groups is 1. The summed E-state index contributed by atoms with van der Waals surface area (Å²) in [5, 5.41) is 2.70. The molecule has 0 aliphatic heterocycles. The summed E-state index contributed by atoms with van der Waals surface area (Å²) < 4.78 is 57.5. The topological polar surface area (TPSA) is 87.0 Å². The van der Waals surface area contributed by atoms with Crippen molar-refractivity contribution in [2.75, 3.05) is 19.5 Å². The molecule has 7 nitrogen and oxygen atoms in total. The maximum Gasteiger partial charge on any atom is 0.573 e. The molecule has 0 atom stereocenters. The Morgan fingerprint density at radius 3 is 2.40 bits per heavy atom. The molecule has 0 spiro atoms. The molecular weight excluding hydrogens is 467 g/mol. The summed E-state index contributed by atoms with van der Waals surface area (Å²) >= 11 is 0. The summed E-state index contributed by atoms with van der Waals surface area (Å²) in [6.45, 7) is 0. The number of nitrogens with one attached hydrogen (secondary N) is 1. The average molecular weight is 485 g/mol. The van der Waals surface area contributed by atoms with Gasteiger partial charge in [-0.25, -0.2) is 4.79 Å². The number of fused-ring (bicyclic) bond motifs is 1. The van der Waals surface area contributed by atoms with Crippen molar-refractivity contribution in [3.63, 3.8) is 0 Å². The molecule has 1 amide bonds. The van der Waals surface area contributed by atoms with E-state index in [-0.39, 0.29) is 10.9 Å². The van der Waals surface area contributed by atoms with Gasteiger partial charge >= 0.3 is 12.0 Å². The minimum absolute atomic E-state index is 0.0892. The molecule has 180 valence electrons. The Bertz CT molecular complexity index is 1460. The first kappa shape index (κ1) is 23.7. The van der Waals surface area contributed by atoms with Crippen LogP contribution in [0.2, 0.25) is 0 Å². The van der Waals surface area contributed by atoms with Gasteiger partial charge in [-0.15, -0.1) is 13.2 Å². The van der Waals surface area contributed by atoms with E-state index in [0.29, 0.717) is 28.3 Å². The molecule has 0 saturated carbocycles. The number of para-hydroxylation sites is 1. The second-order valence-electron chi connectivity index (χ2n) is 7.27. The number of anilines is 1. The van der Waals surface area contributed by atoms with Gasteiger partial charge in [0.1, 0.15) is 17.1 Å². The van der Waals surface area contributed by atoms with Gasteiger partial charge in [-0.2, -0.15) is 0 Å². The van der Waals surface area contributed by atoms with Crippen LogP contribution in [0.4, 0.5) is 18.9 Å². The van der Waals surface area contributed by atoms with Gasteiger partial charge in [0.15, 0.2) is 11.3 Å². The lowest BCUT2D eigenvalue weighted by atomic mass is 10.0. The normalized spacial score (nSPS) is 11.2. The summed E-state index contributed by atoms with van der Waals surface area (Å²) in [5.41, 5.74) is -0.127. The lowest BCUT2D eigenvalue weighted by Gasteiger charge is -2.12. The summed E-state index contributed by atoms with van der Waals surface area (Å²) in [6.07, 6.45) is -4.97. The molecule has 0 bridgehead atoms. The van der Waals surface area contributed by atoms with Crippen molar-refractivity contribution in [3.8, 4) is 28.4 Å². The van der Waals surface area contributed by atoms with Crippen LogP contribution in [0, 0.1) is 0 Å². The van der Waals surface area contributed by atoms with Gasteiger partial charge in [0.05, 0.1) is 14.2 Å². The second-order valence-corrected chi connectivity index (χ2v) is 7.27. The molecule has 0 aliphatic carbocycles. The van der Waals surface area contributed by atoms with Crippen molar-refractivity contribution in [1.29, 1.82) is 0 Å². The van der Waals surface area contributed by atoms with Crippen LogP contribution in [0.1, 0.15) is 10.4 Å². The Morgan fingerprint density at radius 1 is 0.914 bits per heavy atom. The third-order valence-electron chi connectivity index (χ3n) is 5.03. The molecule has 35 heavy (non-hydrogen) atoms. The zero-order chi connectivity index (χ0) is 25.2. The molecule has 3 aromatic carbocycles. The molecule has 4 rings (SSSR count). The maximum atomic E-state index is 12.8. The summed E-state index contributed by atoms with van der Waals surface area (Å²) in [7, 11) is 3.07. The molecule has 10 heteroatoms. The second kappa shape index (κ2) is 9.41. The van der Waals surface area contributed by atoms with Gasteiger partial charge in [0, 0.05) is 16.6 Å². The number of benzene rings is 3. The van der Waals surface area contributed by atoms with Crippen molar-refractivity contribution >= 4 is 22.6 Å². The highest BCUT2D eigenvalue weighted by atomic mass is 19.4. The third-order valence-corrected chi connectivity index (χ3v) is 5.03. The van der Waals surface area contributed by atoms with E-state index in [2.05, 4.69) is 10.1 Å². The summed E-state index contributed by atoms with van der Waals surface area (Å²) in [5.74, 6) is -0.282. The predicted molar refractivity (Wildman–Crippen MR) is 122 cm³/mol. The largest absolute Gasteiger partial charge is 0.573 e. The number of methoxy groups -OCH3 is 2. The van der Waals surface area contributed by atoms with Gasteiger partial charge in [0.25, 0.3) is 5.91 Å². The molecule has 4 aromatic rings. The molecule has 0 fully saturated rings. The first-order valence-electron chi connectivity index (χ1n) is 10.1. The number of alkyl halides is 3. The molecule has 1 heterocycles. The SMILES string of the molecule is COc1ccc(OC)c(-c2cccc(NC(=O)c3cc4cccc(OC(F)(F)F)c4oc3=O)c2)c1. The zero-order valence-electron chi connectivity index (χ0n) is 18.4. The van der Waals surface area contributed by atoms with Gasteiger partial charge < -0.3 is 23.9 Å². The van der Waals surface area contributed by atoms with Crippen molar-refractivity contribution in [2.24, 2.45) is 0 Å². The van der Waals surface area contributed by atoms with E-state index in [0.717, 1.165) is 12.1 Å². The third kappa shape index (κ3) is 5.21. The van der Waals surface area contributed by atoms with E-state index in [1.165, 1.54) is 26.4 Å². The van der Waals surface area contributed by atoms with Crippen LogP contribution in [0.5, 0.6) is 17.2 Å². The first-order chi connectivity index (χ1) is 16.7. The number of halogens is 3. The Hall–Kier alpha value is -4.47. The molecule has 0 saturated heterocycles. The lowest BCUT2D eigenvalue weighted by molar-refractivity contribution is -0.274. The first-order valence-corrected chi connectivity index (χ1v) is 10.1. The Labute approximate surface area is 196 Å². The number of amides is 1. The number of hydrogen-bond acceptors (Lipinski definition) is 6. The molecular formula is C25H18F3NO6. The van der Waals surface area contributed by atoms with Crippen LogP contribution in [0.15, 0.2) is 75.9 Å². The lowest BCUT2D eigenvalue weighted by Crippen LogP contribution is -2.21. The van der Waals surface area contributed by atoms with Gasteiger partial charge in [-0.3, -0.25) is 4.79 Å². The molecule has 1 aromatic heterocycles. The standard InChI is InChI=1S/C25H18F3NO6/c1-32-17-9-10-20(33-2)18(13-17)14-5-3-7-16(11-14)29-23(30)19-12-15-6-4-8-21(35-25(26,27)28)22(15)34-24(19)31/h3-13H,1-2H3,(H,29,30). The smallest absolute Gasteiger partial charge is 0.497 e. The van der Waals surface area contributed by atoms with Crippen LogP contribution in [-0.4, -0.2) is 26.5 Å². The fourth-order valence-corrected chi connectivity index (χ4v) is 3.48. The quantitative estimate of drug-likeness (QED) is 0.357. The fraction of sp³-hybridized carbons (Fsp3) is 0.120. The minimum atomic E-state index is -4.97. The average Bonchev–Trinajstić information content (AvgIpc) is 2.83. The Balaban J connectivity index is 1.65. The van der Waals surface area contributed by atoms with Crippen LogP contribution in [0.3, 0.4) is 0 Å². The van der Waals surface area contributed by atoms with E-state index in [9.17, 15) is 22.8 Å². The van der Waals surface area contributed by atoms with Crippen LogP contribution in [0.25, 0.3) is 22.1 Å². The van der Waals surface area contributed by atoms with Crippen LogP contribution >= 0.6 is 0 Å². The summed E-state index contributed by atoms with van der Waals surface area (Å²) in [4.78, 5) is 25.3. The monoisotopic (exact) mass is 485 g/mol. The molecule has 1 N–H and O–H groups in total. The van der Waals surface area contributed by atoms with Crippen LogP contribution in [-0.2, 0) is 0 Å². The number of carbonyl (C=O) groups excluding carboxylic acids is 1. The van der Waals surface area contributed by atoms with E-state index in [1.807, 2.05) is 0 Å². The highest BCUT2D eigenvalue weighted by molar-refractivity contribution is 6.06. The van der Waals surface area contributed by atoms with E-state index in [4.69, 9.17) is 13.9 Å². The van der Waals surface area contributed by atoms with Crippen molar-refractivity contribution in [1.82, 2.24) is 0 Å². The Morgan fingerprint density at radius 2 is 1.69 bits per heavy atom. The summed E-state index contributed by atoms with van der Waals surface area (Å²) in [6, 6.07) is 16.9. The highest BCUT2D eigenvalue weighted by Gasteiger charge is 2.32. The van der Waals surface area contributed by atoms with E-state index >= 15 is 0 Å². The van der Waals surface area contributed by atoms with Gasteiger partial charge in [-0.05, 0) is 48.0 Å². The minimum Gasteiger partial charge on any atom is -0.497 e.